The lowest BCUT2D eigenvalue weighted by Crippen LogP contribution is -2.40. The van der Waals surface area contributed by atoms with Crippen molar-refractivity contribution in [3.63, 3.8) is 0 Å². The summed E-state index contributed by atoms with van der Waals surface area (Å²) in [5.74, 6) is -2.19. The van der Waals surface area contributed by atoms with Crippen LogP contribution in [0.25, 0.3) is 11.0 Å². The first-order valence-electron chi connectivity index (χ1n) is 10.6. The van der Waals surface area contributed by atoms with E-state index < -0.39 is 17.9 Å². The number of para-hydroxylation sites is 2. The highest BCUT2D eigenvalue weighted by Crippen LogP contribution is 2.43. The molecular weight excluding hydrogens is 444 g/mol. The molecule has 3 atom stereocenters. The number of methoxy groups -OCH3 is 1. The number of esters is 1. The van der Waals surface area contributed by atoms with Crippen molar-refractivity contribution < 1.29 is 18.7 Å². The van der Waals surface area contributed by atoms with Gasteiger partial charge in [-0.25, -0.2) is 0 Å². The van der Waals surface area contributed by atoms with Crippen LogP contribution >= 0.6 is 11.6 Å². The van der Waals surface area contributed by atoms with E-state index in [1.165, 1.54) is 13.4 Å². The van der Waals surface area contributed by atoms with Crippen molar-refractivity contribution in [3.05, 3.63) is 80.8 Å². The standard InChI is InChI=1S/C25H21ClN2O5/c1-12-9-18-21(24(30)20(12)25(31)32-2)22(28-17-6-4-3-5-16(17)27-18)15-11-33-19-8-7-13(26)10-14(19)23(15)29/h3-8,10-12,20,22,27-28H,9H2,1-2H3/t12-,20+,22-/m0/s1. The maximum absolute atomic E-state index is 13.7. The minimum Gasteiger partial charge on any atom is -0.468 e. The average Bonchev–Trinajstić information content (AvgIpc) is 2.96. The number of Topliss-reactive ketones (excluding diaryl/α,β-unsaturated/α-hetero) is 1. The molecule has 8 heteroatoms. The van der Waals surface area contributed by atoms with Gasteiger partial charge in [-0.3, -0.25) is 14.4 Å². The zero-order valence-corrected chi connectivity index (χ0v) is 18.7. The van der Waals surface area contributed by atoms with E-state index in [1.807, 2.05) is 31.2 Å². The van der Waals surface area contributed by atoms with Gasteiger partial charge in [-0.2, -0.15) is 0 Å². The molecule has 0 saturated carbocycles. The highest BCUT2D eigenvalue weighted by Gasteiger charge is 2.45. The molecule has 1 aliphatic carbocycles. The maximum atomic E-state index is 13.7. The summed E-state index contributed by atoms with van der Waals surface area (Å²) in [7, 11) is 1.27. The summed E-state index contributed by atoms with van der Waals surface area (Å²) in [4.78, 5) is 39.7. The van der Waals surface area contributed by atoms with E-state index in [4.69, 9.17) is 20.8 Å². The number of allylic oxidation sites excluding steroid dienone is 1. The number of benzene rings is 2. The van der Waals surface area contributed by atoms with Gasteiger partial charge >= 0.3 is 5.97 Å². The summed E-state index contributed by atoms with van der Waals surface area (Å²) in [5, 5.41) is 7.41. The van der Waals surface area contributed by atoms with Gasteiger partial charge in [0.15, 0.2) is 11.2 Å². The van der Waals surface area contributed by atoms with Crippen molar-refractivity contribution >= 4 is 45.7 Å². The number of halogens is 1. The summed E-state index contributed by atoms with van der Waals surface area (Å²) in [6.45, 7) is 1.84. The van der Waals surface area contributed by atoms with Crippen LogP contribution in [0.4, 0.5) is 11.4 Å². The van der Waals surface area contributed by atoms with E-state index in [2.05, 4.69) is 10.6 Å². The van der Waals surface area contributed by atoms with Gasteiger partial charge in [-0.05, 0) is 42.7 Å². The second-order valence-corrected chi connectivity index (χ2v) is 8.78. The van der Waals surface area contributed by atoms with E-state index >= 15 is 0 Å². The van der Waals surface area contributed by atoms with E-state index in [1.54, 1.807) is 18.2 Å². The third kappa shape index (κ3) is 3.49. The maximum Gasteiger partial charge on any atom is 0.316 e. The van der Waals surface area contributed by atoms with Gasteiger partial charge in [0.1, 0.15) is 17.8 Å². The van der Waals surface area contributed by atoms with Crippen molar-refractivity contribution in [1.29, 1.82) is 0 Å². The lowest BCUT2D eigenvalue weighted by molar-refractivity contribution is -0.151. The number of rotatable bonds is 2. The average molecular weight is 465 g/mol. The van der Waals surface area contributed by atoms with Gasteiger partial charge in [0.2, 0.25) is 0 Å². The monoisotopic (exact) mass is 464 g/mol. The lowest BCUT2D eigenvalue weighted by Gasteiger charge is -2.32. The molecule has 0 unspecified atom stereocenters. The Bertz CT molecular complexity index is 1390. The fourth-order valence-electron chi connectivity index (χ4n) is 4.68. The number of fused-ring (bicyclic) bond motifs is 2. The zero-order valence-electron chi connectivity index (χ0n) is 18.0. The molecule has 0 spiro atoms. The molecule has 0 fully saturated rings. The minimum absolute atomic E-state index is 0.252. The normalized spacial score (nSPS) is 22.0. The van der Waals surface area contributed by atoms with Crippen LogP contribution in [-0.2, 0) is 14.3 Å². The Kier molecular flexibility index (Phi) is 5.21. The molecular formula is C25H21ClN2O5. The summed E-state index contributed by atoms with van der Waals surface area (Å²) in [6.07, 6.45) is 1.81. The molecule has 7 nitrogen and oxygen atoms in total. The van der Waals surface area contributed by atoms with Crippen LogP contribution in [0.1, 0.15) is 24.9 Å². The van der Waals surface area contributed by atoms with Gasteiger partial charge < -0.3 is 19.8 Å². The quantitative estimate of drug-likeness (QED) is 0.420. The summed E-state index contributed by atoms with van der Waals surface area (Å²) in [5.41, 5.74) is 2.83. The number of carbonyl (C=O) groups excluding carboxylic acids is 2. The van der Waals surface area contributed by atoms with Crippen LogP contribution in [0, 0.1) is 11.8 Å². The topological polar surface area (TPSA) is 97.6 Å². The zero-order chi connectivity index (χ0) is 23.3. The second-order valence-electron chi connectivity index (χ2n) is 8.35. The molecule has 2 N–H and O–H groups in total. The molecule has 33 heavy (non-hydrogen) atoms. The fraction of sp³-hybridized carbons (Fsp3) is 0.240. The Morgan fingerprint density at radius 1 is 1.15 bits per heavy atom. The molecule has 3 aromatic rings. The van der Waals surface area contributed by atoms with Crippen LogP contribution in [-0.4, -0.2) is 18.9 Å². The highest BCUT2D eigenvalue weighted by molar-refractivity contribution is 6.31. The SMILES string of the molecule is COC(=O)[C@H]1C(=O)C2=C(C[C@@H]1C)Nc1ccccc1N[C@H]2c1coc2ccc(Cl)cc2c1=O. The highest BCUT2D eigenvalue weighted by atomic mass is 35.5. The van der Waals surface area contributed by atoms with Crippen molar-refractivity contribution in [3.8, 4) is 0 Å². The number of anilines is 2. The Morgan fingerprint density at radius 2 is 1.91 bits per heavy atom. The molecule has 1 aliphatic heterocycles. The van der Waals surface area contributed by atoms with Gasteiger partial charge in [-0.1, -0.05) is 30.7 Å². The largest absolute Gasteiger partial charge is 0.468 e. The Balaban J connectivity index is 1.74. The van der Waals surface area contributed by atoms with Crippen LogP contribution in [0.5, 0.6) is 0 Å². The summed E-state index contributed by atoms with van der Waals surface area (Å²) >= 11 is 6.12. The number of nitrogens with one attached hydrogen (secondary N) is 2. The van der Waals surface area contributed by atoms with Gasteiger partial charge in [-0.15, -0.1) is 0 Å². The van der Waals surface area contributed by atoms with Gasteiger partial charge in [0, 0.05) is 16.3 Å². The van der Waals surface area contributed by atoms with E-state index in [0.717, 1.165) is 11.4 Å². The first-order valence-corrected chi connectivity index (χ1v) is 11.0. The molecule has 0 radical (unpaired) electrons. The lowest BCUT2D eigenvalue weighted by atomic mass is 9.75. The summed E-state index contributed by atoms with van der Waals surface area (Å²) in [6, 6.07) is 11.5. The van der Waals surface area contributed by atoms with Crippen LogP contribution < -0.4 is 16.1 Å². The van der Waals surface area contributed by atoms with Gasteiger partial charge in [0.25, 0.3) is 0 Å². The first-order chi connectivity index (χ1) is 15.9. The number of ketones is 1. The number of ether oxygens (including phenoxy) is 1. The second kappa shape index (κ2) is 8.08. The van der Waals surface area contributed by atoms with Crippen LogP contribution in [0.3, 0.4) is 0 Å². The predicted molar refractivity (Wildman–Crippen MR) is 125 cm³/mol. The molecule has 0 saturated heterocycles. The third-order valence-corrected chi connectivity index (χ3v) is 6.53. The van der Waals surface area contributed by atoms with E-state index in [-0.39, 0.29) is 22.7 Å². The Labute approximate surface area is 194 Å². The number of hydrogen-bond donors (Lipinski definition) is 2. The van der Waals surface area contributed by atoms with Crippen molar-refractivity contribution in [2.24, 2.45) is 11.8 Å². The summed E-state index contributed by atoms with van der Waals surface area (Å²) < 4.78 is 10.7. The minimum atomic E-state index is -0.956. The molecule has 1 aromatic heterocycles. The van der Waals surface area contributed by atoms with Gasteiger partial charge in [0.05, 0.1) is 35.5 Å². The van der Waals surface area contributed by atoms with Crippen LogP contribution in [0.2, 0.25) is 5.02 Å². The van der Waals surface area contributed by atoms with E-state index in [9.17, 15) is 14.4 Å². The molecule has 2 aliphatic rings. The molecule has 2 heterocycles. The Hall–Kier alpha value is -3.58. The molecule has 5 rings (SSSR count). The first kappa shape index (κ1) is 21.3. The molecule has 168 valence electrons. The van der Waals surface area contributed by atoms with Crippen molar-refractivity contribution in [1.82, 2.24) is 0 Å². The Morgan fingerprint density at radius 3 is 2.67 bits per heavy atom. The number of carbonyl (C=O) groups is 2. The fourth-order valence-corrected chi connectivity index (χ4v) is 4.86. The van der Waals surface area contributed by atoms with E-state index in [0.29, 0.717) is 33.7 Å². The smallest absolute Gasteiger partial charge is 0.316 e. The molecule has 2 aromatic carbocycles. The van der Waals surface area contributed by atoms with Crippen molar-refractivity contribution in [2.45, 2.75) is 19.4 Å². The number of hydrogen-bond acceptors (Lipinski definition) is 7. The van der Waals surface area contributed by atoms with Crippen molar-refractivity contribution in [2.75, 3.05) is 17.7 Å². The third-order valence-electron chi connectivity index (χ3n) is 6.30. The molecule has 0 bridgehead atoms. The molecule has 0 amide bonds. The van der Waals surface area contributed by atoms with Crippen LogP contribution in [0.15, 0.2) is 69.2 Å². The predicted octanol–water partition coefficient (Wildman–Crippen LogP) is 4.68.